The largest absolute Gasteiger partial charge is 0.373 e. The maximum absolute atomic E-state index is 11.7. The van der Waals surface area contributed by atoms with Gasteiger partial charge in [0.2, 0.25) is 0 Å². The fraction of sp³-hybridized carbons (Fsp3) is 0.500. The molecular formula is C14H18O2. The fourth-order valence-electron chi connectivity index (χ4n) is 1.64. The molecule has 0 aliphatic heterocycles. The molecule has 0 bridgehead atoms. The van der Waals surface area contributed by atoms with Crippen LogP contribution in [0.4, 0.5) is 0 Å². The third-order valence-corrected chi connectivity index (χ3v) is 2.97. The van der Waals surface area contributed by atoms with Crippen molar-refractivity contribution in [1.29, 1.82) is 0 Å². The van der Waals surface area contributed by atoms with Gasteiger partial charge in [-0.2, -0.15) is 0 Å². The van der Waals surface area contributed by atoms with Gasteiger partial charge < -0.3 is 4.74 Å². The topological polar surface area (TPSA) is 26.3 Å². The molecule has 0 aromatic heterocycles. The fourth-order valence-corrected chi connectivity index (χ4v) is 1.64. The van der Waals surface area contributed by atoms with Crippen LogP contribution in [0.1, 0.15) is 35.2 Å². The van der Waals surface area contributed by atoms with E-state index in [9.17, 15) is 4.79 Å². The van der Waals surface area contributed by atoms with E-state index in [1.807, 2.05) is 31.2 Å². The Kier molecular flexibility index (Phi) is 3.73. The van der Waals surface area contributed by atoms with Crippen LogP contribution < -0.4 is 0 Å². The predicted octanol–water partition coefficient (Wildman–Crippen LogP) is 2.99. The first-order chi connectivity index (χ1) is 7.75. The number of hydrogen-bond donors (Lipinski definition) is 0. The normalized spacial score (nSPS) is 15.1. The maximum Gasteiger partial charge on any atom is 0.188 e. The Labute approximate surface area is 96.6 Å². The van der Waals surface area contributed by atoms with E-state index < -0.39 is 0 Å². The van der Waals surface area contributed by atoms with Gasteiger partial charge in [-0.1, -0.05) is 42.7 Å². The number of hydrogen-bond acceptors (Lipinski definition) is 2. The first-order valence-electron chi connectivity index (χ1n) is 5.93. The zero-order valence-electron chi connectivity index (χ0n) is 9.74. The summed E-state index contributed by atoms with van der Waals surface area (Å²) in [5.41, 5.74) is 1.92. The van der Waals surface area contributed by atoms with Gasteiger partial charge in [0.15, 0.2) is 5.78 Å². The molecule has 0 radical (unpaired) electrons. The second-order valence-corrected chi connectivity index (χ2v) is 4.57. The number of ketones is 1. The molecule has 0 N–H and O–H groups in total. The molecule has 0 heterocycles. The molecule has 2 nitrogen and oxygen atoms in total. The molecule has 2 rings (SSSR count). The van der Waals surface area contributed by atoms with E-state index in [1.54, 1.807) is 0 Å². The van der Waals surface area contributed by atoms with Crippen LogP contribution in [0.3, 0.4) is 0 Å². The summed E-state index contributed by atoms with van der Waals surface area (Å²) in [7, 11) is 0. The molecule has 0 saturated heterocycles. The average Bonchev–Trinajstić information content (AvgIpc) is 3.09. The van der Waals surface area contributed by atoms with Crippen LogP contribution in [0.5, 0.6) is 0 Å². The van der Waals surface area contributed by atoms with Gasteiger partial charge in [-0.3, -0.25) is 4.79 Å². The summed E-state index contributed by atoms with van der Waals surface area (Å²) < 4.78 is 5.38. The molecule has 1 saturated carbocycles. The molecule has 0 spiro atoms. The molecule has 1 aliphatic carbocycles. The van der Waals surface area contributed by atoms with E-state index in [0.29, 0.717) is 0 Å². The molecule has 0 unspecified atom stereocenters. The Bertz CT molecular complexity index is 350. The summed E-state index contributed by atoms with van der Waals surface area (Å²) in [4.78, 5) is 11.7. The minimum atomic E-state index is 0.0794. The zero-order chi connectivity index (χ0) is 11.4. The number of Topliss-reactive ketones (excluding diaryl/α,β-unsaturated/α-hetero) is 1. The van der Waals surface area contributed by atoms with Crippen molar-refractivity contribution in [3.8, 4) is 0 Å². The lowest BCUT2D eigenvalue weighted by Gasteiger charge is -2.03. The van der Waals surface area contributed by atoms with Crippen LogP contribution in [0, 0.1) is 12.8 Å². The number of benzene rings is 1. The molecule has 1 fully saturated rings. The van der Waals surface area contributed by atoms with Crippen LogP contribution in [0.2, 0.25) is 0 Å². The second-order valence-electron chi connectivity index (χ2n) is 4.57. The Morgan fingerprint density at radius 2 is 2.00 bits per heavy atom. The second kappa shape index (κ2) is 5.26. The van der Waals surface area contributed by atoms with Gasteiger partial charge in [-0.05, 0) is 19.3 Å². The van der Waals surface area contributed by atoms with Crippen LogP contribution in [-0.4, -0.2) is 19.0 Å². The highest BCUT2D eigenvalue weighted by Crippen LogP contribution is 2.32. The van der Waals surface area contributed by atoms with Crippen molar-refractivity contribution < 1.29 is 9.53 Å². The van der Waals surface area contributed by atoms with Gasteiger partial charge >= 0.3 is 0 Å². The van der Waals surface area contributed by atoms with Crippen LogP contribution >= 0.6 is 0 Å². The van der Waals surface area contributed by atoms with E-state index >= 15 is 0 Å². The summed E-state index contributed by atoms with van der Waals surface area (Å²) in [5.74, 6) is 0.949. The van der Waals surface area contributed by atoms with Gasteiger partial charge in [0.05, 0.1) is 0 Å². The summed E-state index contributed by atoms with van der Waals surface area (Å²) in [6, 6.07) is 7.64. The lowest BCUT2D eigenvalue weighted by atomic mass is 10.1. The van der Waals surface area contributed by atoms with E-state index in [4.69, 9.17) is 4.74 Å². The molecule has 1 aromatic rings. The van der Waals surface area contributed by atoms with Gasteiger partial charge in [-0.15, -0.1) is 0 Å². The maximum atomic E-state index is 11.7. The Morgan fingerprint density at radius 1 is 1.31 bits per heavy atom. The first kappa shape index (κ1) is 11.3. The smallest absolute Gasteiger partial charge is 0.188 e. The number of carbonyl (C=O) groups is 1. The third-order valence-electron chi connectivity index (χ3n) is 2.97. The quantitative estimate of drug-likeness (QED) is 0.542. The van der Waals surface area contributed by atoms with E-state index in [1.165, 1.54) is 18.4 Å². The van der Waals surface area contributed by atoms with Crippen molar-refractivity contribution in [2.75, 3.05) is 13.2 Å². The van der Waals surface area contributed by atoms with E-state index in [-0.39, 0.29) is 12.4 Å². The molecular weight excluding hydrogens is 200 g/mol. The Hall–Kier alpha value is -1.15. The minimum Gasteiger partial charge on any atom is -0.373 e. The Balaban J connectivity index is 1.71. The standard InChI is InChI=1S/C14H18O2/c1-11-2-6-13(7-3-11)14(15)10-16-9-8-12-4-5-12/h2-3,6-7,12H,4-5,8-10H2,1H3. The summed E-state index contributed by atoms with van der Waals surface area (Å²) in [6.45, 7) is 2.96. The van der Waals surface area contributed by atoms with Crippen LogP contribution in [-0.2, 0) is 4.74 Å². The zero-order valence-corrected chi connectivity index (χ0v) is 9.74. The van der Waals surface area contributed by atoms with Crippen molar-refractivity contribution in [1.82, 2.24) is 0 Å². The molecule has 1 aliphatic rings. The molecule has 16 heavy (non-hydrogen) atoms. The van der Waals surface area contributed by atoms with Crippen molar-refractivity contribution in [2.24, 2.45) is 5.92 Å². The van der Waals surface area contributed by atoms with Gasteiger partial charge in [0, 0.05) is 12.2 Å². The highest BCUT2D eigenvalue weighted by Gasteiger charge is 2.20. The minimum absolute atomic E-state index is 0.0794. The average molecular weight is 218 g/mol. The van der Waals surface area contributed by atoms with E-state index in [2.05, 4.69) is 0 Å². The summed E-state index contributed by atoms with van der Waals surface area (Å²) in [5, 5.41) is 0. The highest BCUT2D eigenvalue weighted by molar-refractivity contribution is 5.97. The lowest BCUT2D eigenvalue weighted by molar-refractivity contribution is 0.0748. The third kappa shape index (κ3) is 3.46. The van der Waals surface area contributed by atoms with Gasteiger partial charge in [0.25, 0.3) is 0 Å². The van der Waals surface area contributed by atoms with Gasteiger partial charge in [-0.25, -0.2) is 0 Å². The SMILES string of the molecule is Cc1ccc(C(=O)COCCC2CC2)cc1. The van der Waals surface area contributed by atoms with Crippen molar-refractivity contribution in [3.63, 3.8) is 0 Å². The molecule has 0 amide bonds. The number of carbonyl (C=O) groups excluding carboxylic acids is 1. The first-order valence-corrected chi connectivity index (χ1v) is 5.93. The molecule has 1 aromatic carbocycles. The number of rotatable bonds is 6. The summed E-state index contributed by atoms with van der Waals surface area (Å²) >= 11 is 0. The number of aryl methyl sites for hydroxylation is 1. The van der Waals surface area contributed by atoms with Gasteiger partial charge in [0.1, 0.15) is 6.61 Å². The number of ether oxygens (including phenoxy) is 1. The molecule has 0 atom stereocenters. The predicted molar refractivity (Wildman–Crippen MR) is 63.7 cm³/mol. The highest BCUT2D eigenvalue weighted by atomic mass is 16.5. The Morgan fingerprint density at radius 3 is 2.62 bits per heavy atom. The molecule has 2 heteroatoms. The van der Waals surface area contributed by atoms with Crippen molar-refractivity contribution >= 4 is 5.78 Å². The van der Waals surface area contributed by atoms with E-state index in [0.717, 1.165) is 24.5 Å². The van der Waals surface area contributed by atoms with Crippen LogP contribution in [0.25, 0.3) is 0 Å². The van der Waals surface area contributed by atoms with Crippen molar-refractivity contribution in [2.45, 2.75) is 26.2 Å². The van der Waals surface area contributed by atoms with Crippen molar-refractivity contribution in [3.05, 3.63) is 35.4 Å². The van der Waals surface area contributed by atoms with Crippen LogP contribution in [0.15, 0.2) is 24.3 Å². The monoisotopic (exact) mass is 218 g/mol. The molecule has 86 valence electrons. The summed E-state index contributed by atoms with van der Waals surface area (Å²) in [6.07, 6.45) is 3.80. The lowest BCUT2D eigenvalue weighted by Crippen LogP contribution is -2.10.